The first-order valence-corrected chi connectivity index (χ1v) is 9.60. The Balaban J connectivity index is 1.35. The molecule has 1 fully saturated rings. The molecule has 1 saturated heterocycles. The molecule has 3 heterocycles. The fraction of sp³-hybridized carbons (Fsp3) is 0.500. The van der Waals surface area contributed by atoms with Crippen LogP contribution in [0.1, 0.15) is 37.1 Å². The minimum Gasteiger partial charge on any atom is -0.486 e. The number of fused-ring (bicyclic) bond motifs is 1. The van der Waals surface area contributed by atoms with Crippen molar-refractivity contribution in [3.63, 3.8) is 0 Å². The third-order valence-corrected chi connectivity index (χ3v) is 5.23. The third kappa shape index (κ3) is 4.08. The van der Waals surface area contributed by atoms with E-state index in [1.807, 2.05) is 19.1 Å². The van der Waals surface area contributed by atoms with E-state index in [0.717, 1.165) is 48.9 Å². The largest absolute Gasteiger partial charge is 0.486 e. The van der Waals surface area contributed by atoms with Crippen LogP contribution in [0.2, 0.25) is 0 Å². The van der Waals surface area contributed by atoms with Crippen LogP contribution in [0.3, 0.4) is 0 Å². The highest BCUT2D eigenvalue weighted by Gasteiger charge is 2.23. The number of hydrogen-bond donors (Lipinski definition) is 2. The van der Waals surface area contributed by atoms with Gasteiger partial charge in [0.05, 0.1) is 0 Å². The van der Waals surface area contributed by atoms with Crippen molar-refractivity contribution >= 4 is 11.8 Å². The van der Waals surface area contributed by atoms with Crippen LogP contribution in [0.4, 0.5) is 11.8 Å². The number of nitrogens with two attached hydrogens (primary N) is 1. The zero-order chi connectivity index (χ0) is 18.8. The molecule has 1 unspecified atom stereocenters. The molecule has 1 aromatic carbocycles. The first kappa shape index (κ1) is 17.9. The highest BCUT2D eigenvalue weighted by molar-refractivity contribution is 5.45. The van der Waals surface area contributed by atoms with Gasteiger partial charge in [-0.15, -0.1) is 0 Å². The summed E-state index contributed by atoms with van der Waals surface area (Å²) in [5, 5.41) is 3.76. The first-order valence-electron chi connectivity index (χ1n) is 9.60. The Bertz CT molecular complexity index is 785. The average Bonchev–Trinajstić information content (AvgIpc) is 2.67. The molecule has 3 N–H and O–H groups in total. The second kappa shape index (κ2) is 7.60. The summed E-state index contributed by atoms with van der Waals surface area (Å²) in [7, 11) is 0. The summed E-state index contributed by atoms with van der Waals surface area (Å²) in [5.74, 6) is 2.96. The van der Waals surface area contributed by atoms with Gasteiger partial charge in [0.25, 0.3) is 0 Å². The van der Waals surface area contributed by atoms with Gasteiger partial charge in [-0.2, -0.15) is 4.98 Å². The number of rotatable bonds is 4. The van der Waals surface area contributed by atoms with Gasteiger partial charge in [-0.1, -0.05) is 6.07 Å². The normalized spacial score (nSPS) is 18.4. The van der Waals surface area contributed by atoms with Gasteiger partial charge < -0.3 is 25.4 Å². The molecule has 0 radical (unpaired) electrons. The minimum atomic E-state index is 0.259. The van der Waals surface area contributed by atoms with Crippen LogP contribution in [-0.2, 0) is 0 Å². The van der Waals surface area contributed by atoms with E-state index in [1.54, 1.807) is 0 Å². The molecule has 2 aromatic rings. The summed E-state index contributed by atoms with van der Waals surface area (Å²) in [6.07, 6.45) is 2.13. The zero-order valence-electron chi connectivity index (χ0n) is 15.9. The number of hydrogen-bond acceptors (Lipinski definition) is 7. The van der Waals surface area contributed by atoms with E-state index in [4.69, 9.17) is 15.2 Å². The summed E-state index contributed by atoms with van der Waals surface area (Å²) in [6.45, 7) is 7.31. The second-order valence-electron chi connectivity index (χ2n) is 7.28. The van der Waals surface area contributed by atoms with Crippen molar-refractivity contribution in [2.45, 2.75) is 38.8 Å². The minimum absolute atomic E-state index is 0.259. The van der Waals surface area contributed by atoms with E-state index < -0.39 is 0 Å². The molecule has 0 bridgehead atoms. The monoisotopic (exact) mass is 369 g/mol. The van der Waals surface area contributed by atoms with Crippen molar-refractivity contribution < 1.29 is 9.47 Å². The number of anilines is 2. The number of benzene rings is 1. The molecule has 0 amide bonds. The molecule has 2 aliphatic heterocycles. The molecule has 0 saturated carbocycles. The average molecular weight is 369 g/mol. The van der Waals surface area contributed by atoms with Crippen LogP contribution < -0.4 is 25.4 Å². The van der Waals surface area contributed by atoms with E-state index in [9.17, 15) is 0 Å². The van der Waals surface area contributed by atoms with Gasteiger partial charge in [-0.25, -0.2) is 4.98 Å². The van der Waals surface area contributed by atoms with Crippen molar-refractivity contribution in [3.05, 3.63) is 35.5 Å². The quantitative estimate of drug-likeness (QED) is 0.856. The standard InChI is InChI=1S/C20H27N5O2/c1-13-11-19(24-20(21)22-13)25-7-5-16(6-8-25)23-14(2)15-3-4-17-18(12-15)27-10-9-26-17/h3-4,11-12,14,16,23H,5-10H2,1-2H3,(H2,21,22,24). The van der Waals surface area contributed by atoms with Crippen LogP contribution in [0, 0.1) is 6.92 Å². The zero-order valence-corrected chi connectivity index (χ0v) is 15.9. The van der Waals surface area contributed by atoms with Crippen molar-refractivity contribution in [1.29, 1.82) is 0 Å². The Labute approximate surface area is 159 Å². The number of nitrogens with one attached hydrogen (secondary N) is 1. The first-order chi connectivity index (χ1) is 13.1. The van der Waals surface area contributed by atoms with E-state index in [1.165, 1.54) is 5.56 Å². The highest BCUT2D eigenvalue weighted by atomic mass is 16.6. The van der Waals surface area contributed by atoms with Crippen LogP contribution in [0.15, 0.2) is 24.3 Å². The number of nitrogens with zero attached hydrogens (tertiary/aromatic N) is 3. The van der Waals surface area contributed by atoms with Crippen LogP contribution >= 0.6 is 0 Å². The number of aromatic nitrogens is 2. The van der Waals surface area contributed by atoms with Gasteiger partial charge in [0.2, 0.25) is 5.95 Å². The van der Waals surface area contributed by atoms with Crippen molar-refractivity contribution in [1.82, 2.24) is 15.3 Å². The van der Waals surface area contributed by atoms with Crippen LogP contribution in [0.25, 0.3) is 0 Å². The maximum Gasteiger partial charge on any atom is 0.222 e. The Morgan fingerprint density at radius 1 is 1.11 bits per heavy atom. The Morgan fingerprint density at radius 3 is 2.59 bits per heavy atom. The fourth-order valence-corrected chi connectivity index (χ4v) is 3.79. The summed E-state index contributed by atoms with van der Waals surface area (Å²) in [6, 6.07) is 8.95. The Hall–Kier alpha value is -2.54. The highest BCUT2D eigenvalue weighted by Crippen LogP contribution is 2.33. The SMILES string of the molecule is Cc1cc(N2CCC(NC(C)c3ccc4c(c3)OCCO4)CC2)nc(N)n1. The summed E-state index contributed by atoms with van der Waals surface area (Å²) in [5.41, 5.74) is 7.92. The van der Waals surface area contributed by atoms with Crippen molar-refractivity contribution in [2.24, 2.45) is 0 Å². The van der Waals surface area contributed by atoms with Gasteiger partial charge in [0, 0.05) is 36.9 Å². The van der Waals surface area contributed by atoms with Gasteiger partial charge in [0.1, 0.15) is 19.0 Å². The predicted molar refractivity (Wildman–Crippen MR) is 105 cm³/mol. The number of piperidine rings is 1. The second-order valence-corrected chi connectivity index (χ2v) is 7.28. The summed E-state index contributed by atoms with van der Waals surface area (Å²) < 4.78 is 11.3. The van der Waals surface area contributed by atoms with E-state index in [-0.39, 0.29) is 6.04 Å². The summed E-state index contributed by atoms with van der Waals surface area (Å²) in [4.78, 5) is 10.8. The fourth-order valence-electron chi connectivity index (χ4n) is 3.79. The molecule has 1 atom stereocenters. The number of nitrogen functional groups attached to an aromatic ring is 1. The van der Waals surface area contributed by atoms with Gasteiger partial charge in [-0.05, 0) is 44.4 Å². The van der Waals surface area contributed by atoms with E-state index in [0.29, 0.717) is 25.2 Å². The Kier molecular flexibility index (Phi) is 5.03. The van der Waals surface area contributed by atoms with Crippen molar-refractivity contribution in [3.8, 4) is 11.5 Å². The van der Waals surface area contributed by atoms with Gasteiger partial charge in [0.15, 0.2) is 11.5 Å². The third-order valence-electron chi connectivity index (χ3n) is 5.23. The molecule has 1 aromatic heterocycles. The van der Waals surface area contributed by atoms with E-state index in [2.05, 4.69) is 39.2 Å². The molecule has 4 rings (SSSR count). The molecule has 27 heavy (non-hydrogen) atoms. The molecule has 144 valence electrons. The lowest BCUT2D eigenvalue weighted by molar-refractivity contribution is 0.171. The summed E-state index contributed by atoms with van der Waals surface area (Å²) >= 11 is 0. The molecule has 2 aliphatic rings. The molecule has 7 nitrogen and oxygen atoms in total. The molecule has 0 aliphatic carbocycles. The lowest BCUT2D eigenvalue weighted by Gasteiger charge is -2.35. The smallest absolute Gasteiger partial charge is 0.222 e. The van der Waals surface area contributed by atoms with Gasteiger partial charge in [-0.3, -0.25) is 0 Å². The van der Waals surface area contributed by atoms with Crippen LogP contribution in [-0.4, -0.2) is 42.3 Å². The van der Waals surface area contributed by atoms with Crippen molar-refractivity contribution in [2.75, 3.05) is 36.9 Å². The van der Waals surface area contributed by atoms with Gasteiger partial charge >= 0.3 is 0 Å². The predicted octanol–water partition coefficient (Wildman–Crippen LogP) is 2.46. The van der Waals surface area contributed by atoms with Crippen LogP contribution in [0.5, 0.6) is 11.5 Å². The van der Waals surface area contributed by atoms with E-state index >= 15 is 0 Å². The molecule has 7 heteroatoms. The maximum atomic E-state index is 5.79. The lowest BCUT2D eigenvalue weighted by atomic mass is 10.0. The molecule has 0 spiro atoms. The molecular weight excluding hydrogens is 342 g/mol. The number of ether oxygens (including phenoxy) is 2. The maximum absolute atomic E-state index is 5.79. The number of aryl methyl sites for hydroxylation is 1. The Morgan fingerprint density at radius 2 is 1.85 bits per heavy atom. The topological polar surface area (TPSA) is 85.5 Å². The molecular formula is C20H27N5O2. The lowest BCUT2D eigenvalue weighted by Crippen LogP contribution is -2.43.